The van der Waals surface area contributed by atoms with E-state index in [0.29, 0.717) is 42.7 Å². The highest BCUT2D eigenvalue weighted by atomic mass is 19.1. The number of nitrogens with zero attached hydrogens (tertiary/aromatic N) is 5. The van der Waals surface area contributed by atoms with Crippen LogP contribution in [0.25, 0.3) is 11.0 Å². The van der Waals surface area contributed by atoms with Gasteiger partial charge in [0.25, 0.3) is 5.56 Å². The van der Waals surface area contributed by atoms with Crippen molar-refractivity contribution in [3.8, 4) is 11.8 Å². The standard InChI is InChI=1S/C23H23FN6O3/c24-17-14-21-20(28-15-17)3-4-22(31)30(21)13-12-29-10-5-19(6-11-29)33-23(32)27-7-1-2-18-16-25-8-9-26-18/h3-4,8-9,14-16,19H,5-7,10-13H2,(H,27,32). The van der Waals surface area contributed by atoms with E-state index < -0.39 is 11.9 Å². The maximum Gasteiger partial charge on any atom is 0.408 e. The minimum Gasteiger partial charge on any atom is -0.446 e. The fraction of sp³-hybridized carbons (Fsp3) is 0.348. The average Bonchev–Trinajstić information content (AvgIpc) is 2.83. The van der Waals surface area contributed by atoms with Crippen molar-refractivity contribution in [1.29, 1.82) is 0 Å². The zero-order valence-electron chi connectivity index (χ0n) is 17.9. The highest BCUT2D eigenvalue weighted by Gasteiger charge is 2.22. The third-order valence-corrected chi connectivity index (χ3v) is 5.35. The molecule has 3 aromatic rings. The lowest BCUT2D eigenvalue weighted by atomic mass is 10.1. The van der Waals surface area contributed by atoms with Gasteiger partial charge in [0.2, 0.25) is 0 Å². The Balaban J connectivity index is 1.21. The van der Waals surface area contributed by atoms with Crippen molar-refractivity contribution in [2.75, 3.05) is 26.2 Å². The Kier molecular flexibility index (Phi) is 7.22. The van der Waals surface area contributed by atoms with Crippen molar-refractivity contribution in [1.82, 2.24) is 29.7 Å². The van der Waals surface area contributed by atoms with Crippen molar-refractivity contribution in [2.24, 2.45) is 0 Å². The maximum absolute atomic E-state index is 13.6. The molecule has 0 unspecified atom stereocenters. The molecule has 0 aliphatic carbocycles. The second kappa shape index (κ2) is 10.7. The van der Waals surface area contributed by atoms with Crippen LogP contribution in [0.15, 0.2) is 47.8 Å². The molecule has 0 spiro atoms. The SMILES string of the molecule is O=C(NCC#Cc1cnccn1)OC1CCN(CCn2c(=O)ccc3ncc(F)cc32)CC1. The van der Waals surface area contributed by atoms with Crippen LogP contribution in [-0.4, -0.2) is 62.8 Å². The average molecular weight is 450 g/mol. The number of alkyl carbamates (subject to hydrolysis) is 1. The van der Waals surface area contributed by atoms with Crippen molar-refractivity contribution in [3.05, 3.63) is 64.9 Å². The van der Waals surface area contributed by atoms with Crippen LogP contribution in [0.4, 0.5) is 9.18 Å². The Morgan fingerprint density at radius 1 is 1.18 bits per heavy atom. The monoisotopic (exact) mass is 450 g/mol. The number of carbonyl (C=O) groups excluding carboxylic acids is 1. The molecule has 4 rings (SSSR count). The zero-order chi connectivity index (χ0) is 23.0. The number of ether oxygens (including phenoxy) is 1. The lowest BCUT2D eigenvalue weighted by Crippen LogP contribution is -2.41. The number of hydrogen-bond acceptors (Lipinski definition) is 7. The van der Waals surface area contributed by atoms with Crippen molar-refractivity contribution >= 4 is 17.1 Å². The first kappa shape index (κ1) is 22.4. The Morgan fingerprint density at radius 2 is 2.03 bits per heavy atom. The molecule has 10 heteroatoms. The molecule has 1 saturated heterocycles. The highest BCUT2D eigenvalue weighted by Crippen LogP contribution is 2.15. The van der Waals surface area contributed by atoms with Crippen LogP contribution < -0.4 is 10.9 Å². The molecule has 9 nitrogen and oxygen atoms in total. The van der Waals surface area contributed by atoms with Crippen molar-refractivity contribution in [2.45, 2.75) is 25.5 Å². The molecule has 0 saturated carbocycles. The van der Waals surface area contributed by atoms with Crippen LogP contribution in [0.1, 0.15) is 18.5 Å². The van der Waals surface area contributed by atoms with E-state index in [1.54, 1.807) is 29.2 Å². The normalized spacial score (nSPS) is 14.5. The number of halogens is 1. The van der Waals surface area contributed by atoms with Gasteiger partial charge in [-0.25, -0.2) is 14.2 Å². The van der Waals surface area contributed by atoms with Gasteiger partial charge in [0.15, 0.2) is 0 Å². The Hall–Kier alpha value is -3.84. The van der Waals surface area contributed by atoms with E-state index in [1.807, 2.05) is 0 Å². The summed E-state index contributed by atoms with van der Waals surface area (Å²) >= 11 is 0. The zero-order valence-corrected chi connectivity index (χ0v) is 17.9. The van der Waals surface area contributed by atoms with Crippen LogP contribution in [0.2, 0.25) is 0 Å². The first-order valence-electron chi connectivity index (χ1n) is 10.7. The molecule has 0 aromatic carbocycles. The number of likely N-dealkylation sites (tertiary alicyclic amines) is 1. The number of amides is 1. The molecular formula is C23H23FN6O3. The van der Waals surface area contributed by atoms with E-state index in [2.05, 4.69) is 37.0 Å². The molecule has 0 radical (unpaired) electrons. The number of hydrogen-bond donors (Lipinski definition) is 1. The Morgan fingerprint density at radius 3 is 2.82 bits per heavy atom. The summed E-state index contributed by atoms with van der Waals surface area (Å²) in [5.41, 5.74) is 1.41. The molecule has 0 bridgehead atoms. The number of nitrogens with one attached hydrogen (secondary N) is 1. The lowest BCUT2D eigenvalue weighted by Gasteiger charge is -2.31. The molecule has 33 heavy (non-hydrogen) atoms. The Bertz CT molecular complexity index is 1230. The number of carbonyl (C=O) groups is 1. The van der Waals surface area contributed by atoms with Crippen LogP contribution in [0.5, 0.6) is 0 Å². The number of piperidine rings is 1. The van der Waals surface area contributed by atoms with Gasteiger partial charge in [0.1, 0.15) is 17.6 Å². The number of fused-ring (bicyclic) bond motifs is 1. The van der Waals surface area contributed by atoms with E-state index >= 15 is 0 Å². The quantitative estimate of drug-likeness (QED) is 0.589. The minimum atomic E-state index is -0.501. The van der Waals surface area contributed by atoms with Crippen LogP contribution in [0, 0.1) is 17.7 Å². The molecule has 1 aliphatic heterocycles. The summed E-state index contributed by atoms with van der Waals surface area (Å²) in [4.78, 5) is 38.5. The third kappa shape index (κ3) is 6.11. The molecule has 3 aromatic heterocycles. The highest BCUT2D eigenvalue weighted by molar-refractivity contribution is 5.74. The molecule has 1 N–H and O–H groups in total. The molecule has 0 atom stereocenters. The summed E-state index contributed by atoms with van der Waals surface area (Å²) in [6.07, 6.45) is 6.52. The molecule has 170 valence electrons. The van der Waals surface area contributed by atoms with Crippen molar-refractivity contribution in [3.63, 3.8) is 0 Å². The summed E-state index contributed by atoms with van der Waals surface area (Å²) in [7, 11) is 0. The molecule has 1 aliphatic rings. The molecular weight excluding hydrogens is 427 g/mol. The van der Waals surface area contributed by atoms with E-state index in [1.165, 1.54) is 12.1 Å². The van der Waals surface area contributed by atoms with E-state index in [-0.39, 0.29) is 18.2 Å². The first-order valence-corrected chi connectivity index (χ1v) is 10.7. The fourth-order valence-electron chi connectivity index (χ4n) is 3.67. The van der Waals surface area contributed by atoms with Crippen molar-refractivity contribution < 1.29 is 13.9 Å². The van der Waals surface area contributed by atoms with Gasteiger partial charge in [-0.05, 0) is 24.8 Å². The minimum absolute atomic E-state index is 0.156. The number of rotatable bonds is 5. The summed E-state index contributed by atoms with van der Waals surface area (Å²) in [6.45, 7) is 2.68. The van der Waals surface area contributed by atoms with E-state index in [9.17, 15) is 14.0 Å². The largest absolute Gasteiger partial charge is 0.446 e. The topological polar surface area (TPSA) is 102 Å². The summed E-state index contributed by atoms with van der Waals surface area (Å²) in [5.74, 6) is 5.13. The molecule has 1 amide bonds. The van der Waals surface area contributed by atoms with Crippen LogP contribution in [-0.2, 0) is 11.3 Å². The van der Waals surface area contributed by atoms with Gasteiger partial charge in [0.05, 0.1) is 30.0 Å². The van der Waals surface area contributed by atoms with Gasteiger partial charge in [-0.2, -0.15) is 0 Å². The maximum atomic E-state index is 13.6. The number of aromatic nitrogens is 4. The van der Waals surface area contributed by atoms with Gasteiger partial charge in [-0.3, -0.25) is 14.8 Å². The van der Waals surface area contributed by atoms with Gasteiger partial charge in [-0.15, -0.1) is 0 Å². The second-order valence-electron chi connectivity index (χ2n) is 7.57. The number of pyridine rings is 2. The van der Waals surface area contributed by atoms with Crippen LogP contribution >= 0.6 is 0 Å². The van der Waals surface area contributed by atoms with Crippen LogP contribution in [0.3, 0.4) is 0 Å². The summed E-state index contributed by atoms with van der Waals surface area (Å²) in [5, 5.41) is 2.61. The second-order valence-corrected chi connectivity index (χ2v) is 7.57. The predicted octanol–water partition coefficient (Wildman–Crippen LogP) is 1.57. The molecule has 1 fully saturated rings. The Labute approximate surface area is 189 Å². The van der Waals surface area contributed by atoms with Gasteiger partial charge >= 0.3 is 6.09 Å². The first-order chi connectivity index (χ1) is 16.1. The van der Waals surface area contributed by atoms with Gasteiger partial charge < -0.3 is 19.5 Å². The third-order valence-electron chi connectivity index (χ3n) is 5.35. The van der Waals surface area contributed by atoms with E-state index in [4.69, 9.17) is 4.74 Å². The van der Waals surface area contributed by atoms with E-state index in [0.717, 1.165) is 19.3 Å². The summed E-state index contributed by atoms with van der Waals surface area (Å²) < 4.78 is 20.6. The smallest absolute Gasteiger partial charge is 0.408 e. The fourth-order valence-corrected chi connectivity index (χ4v) is 3.67. The predicted molar refractivity (Wildman–Crippen MR) is 119 cm³/mol. The van der Waals surface area contributed by atoms with Gasteiger partial charge in [0, 0.05) is 50.7 Å². The van der Waals surface area contributed by atoms with Gasteiger partial charge in [-0.1, -0.05) is 5.92 Å². The summed E-state index contributed by atoms with van der Waals surface area (Å²) in [6, 6.07) is 4.38. The lowest BCUT2D eigenvalue weighted by molar-refractivity contribution is 0.0506. The molecule has 4 heterocycles.